The molecule has 1 atom stereocenters. The van der Waals surface area contributed by atoms with Crippen molar-refractivity contribution in [1.82, 2.24) is 0 Å². The van der Waals surface area contributed by atoms with Crippen LogP contribution in [0.15, 0.2) is 18.2 Å². The molecule has 0 spiro atoms. The van der Waals surface area contributed by atoms with Gasteiger partial charge in [0.15, 0.2) is 0 Å². The van der Waals surface area contributed by atoms with Crippen molar-refractivity contribution in [3.63, 3.8) is 0 Å². The van der Waals surface area contributed by atoms with Gasteiger partial charge in [0.2, 0.25) is 5.91 Å². The smallest absolute Gasteiger partial charge is 0.311 e. The van der Waals surface area contributed by atoms with Gasteiger partial charge < -0.3 is 14.7 Å². The van der Waals surface area contributed by atoms with Crippen molar-refractivity contribution in [2.45, 2.75) is 26.2 Å². The monoisotopic (exact) mass is 263 g/mol. The van der Waals surface area contributed by atoms with Crippen molar-refractivity contribution < 1.29 is 19.4 Å². The topological polar surface area (TPSA) is 66.8 Å². The van der Waals surface area contributed by atoms with Gasteiger partial charge in [0, 0.05) is 13.5 Å². The van der Waals surface area contributed by atoms with Gasteiger partial charge in [-0.05, 0) is 25.0 Å². The molecule has 0 bridgehead atoms. The number of amides is 1. The van der Waals surface area contributed by atoms with Crippen LogP contribution in [0.3, 0.4) is 0 Å². The minimum atomic E-state index is -0.863. The minimum absolute atomic E-state index is 0.0998. The van der Waals surface area contributed by atoms with Crippen molar-refractivity contribution in [2.75, 3.05) is 18.1 Å². The van der Waals surface area contributed by atoms with Crippen molar-refractivity contribution in [2.24, 2.45) is 0 Å². The molecule has 1 aromatic carbocycles. The summed E-state index contributed by atoms with van der Waals surface area (Å²) in [6, 6.07) is 5.29. The Hall–Kier alpha value is -2.04. The fraction of sp³-hybridized carbons (Fsp3) is 0.429. The van der Waals surface area contributed by atoms with Crippen LogP contribution in [0.5, 0.6) is 5.75 Å². The van der Waals surface area contributed by atoms with E-state index in [-0.39, 0.29) is 5.91 Å². The Balaban J connectivity index is 2.56. The van der Waals surface area contributed by atoms with Crippen LogP contribution in [0.1, 0.15) is 31.7 Å². The summed E-state index contributed by atoms with van der Waals surface area (Å²) < 4.78 is 5.53. The zero-order valence-electron chi connectivity index (χ0n) is 11.0. The number of benzene rings is 1. The lowest BCUT2D eigenvalue weighted by Gasteiger charge is -2.33. The number of para-hydroxylation sites is 1. The highest BCUT2D eigenvalue weighted by Crippen LogP contribution is 2.41. The molecule has 0 saturated heterocycles. The number of fused-ring (bicyclic) bond motifs is 1. The van der Waals surface area contributed by atoms with E-state index < -0.39 is 11.9 Å². The quantitative estimate of drug-likeness (QED) is 0.905. The lowest BCUT2D eigenvalue weighted by molar-refractivity contribution is -0.139. The maximum Gasteiger partial charge on any atom is 0.311 e. The van der Waals surface area contributed by atoms with Gasteiger partial charge >= 0.3 is 5.97 Å². The van der Waals surface area contributed by atoms with Gasteiger partial charge in [-0.2, -0.15) is 0 Å². The SMILES string of the molecule is CCOc1cccc2c1N(C(C)=O)CCC2C(=O)O. The third-order valence-electron chi connectivity index (χ3n) is 3.29. The van der Waals surface area contributed by atoms with E-state index in [9.17, 15) is 14.7 Å². The van der Waals surface area contributed by atoms with Crippen LogP contribution in [-0.4, -0.2) is 30.1 Å². The molecule has 1 aliphatic rings. The molecule has 1 amide bonds. The number of hydrogen-bond acceptors (Lipinski definition) is 3. The molecule has 0 fully saturated rings. The molecule has 0 saturated carbocycles. The van der Waals surface area contributed by atoms with Gasteiger partial charge in [0.05, 0.1) is 18.2 Å². The predicted molar refractivity (Wildman–Crippen MR) is 70.6 cm³/mol. The molecule has 1 unspecified atom stereocenters. The first-order chi connectivity index (χ1) is 9.06. The third kappa shape index (κ3) is 2.41. The minimum Gasteiger partial charge on any atom is -0.492 e. The van der Waals surface area contributed by atoms with Crippen LogP contribution in [-0.2, 0) is 9.59 Å². The molecule has 1 N–H and O–H groups in total. The van der Waals surface area contributed by atoms with Crippen molar-refractivity contribution in [1.29, 1.82) is 0 Å². The number of carboxylic acid groups (broad SMARTS) is 1. The van der Waals surface area contributed by atoms with Crippen LogP contribution >= 0.6 is 0 Å². The number of carboxylic acids is 1. The highest BCUT2D eigenvalue weighted by Gasteiger charge is 2.33. The van der Waals surface area contributed by atoms with Gasteiger partial charge in [-0.15, -0.1) is 0 Å². The van der Waals surface area contributed by atoms with Crippen LogP contribution < -0.4 is 9.64 Å². The first kappa shape index (κ1) is 13.4. The molecule has 0 radical (unpaired) electrons. The first-order valence-electron chi connectivity index (χ1n) is 6.32. The largest absolute Gasteiger partial charge is 0.492 e. The Bertz CT molecular complexity index is 512. The average Bonchev–Trinajstić information content (AvgIpc) is 2.37. The number of anilines is 1. The van der Waals surface area contributed by atoms with Gasteiger partial charge in [-0.25, -0.2) is 0 Å². The summed E-state index contributed by atoms with van der Waals surface area (Å²) in [6.07, 6.45) is 0.428. The fourth-order valence-electron chi connectivity index (χ4n) is 2.48. The van der Waals surface area contributed by atoms with Crippen molar-refractivity contribution in [3.8, 4) is 5.75 Å². The summed E-state index contributed by atoms with van der Waals surface area (Å²) in [6.45, 7) is 4.21. The molecule has 2 rings (SSSR count). The summed E-state index contributed by atoms with van der Waals surface area (Å²) in [5.41, 5.74) is 1.26. The van der Waals surface area contributed by atoms with Crippen molar-refractivity contribution in [3.05, 3.63) is 23.8 Å². The standard InChI is InChI=1S/C14H17NO4/c1-3-19-12-6-4-5-10-11(14(17)18)7-8-15(9(2)16)13(10)12/h4-6,11H,3,7-8H2,1-2H3,(H,17,18). The molecular weight excluding hydrogens is 246 g/mol. The lowest BCUT2D eigenvalue weighted by Crippen LogP contribution is -2.37. The highest BCUT2D eigenvalue weighted by atomic mass is 16.5. The summed E-state index contributed by atoms with van der Waals surface area (Å²) in [5, 5.41) is 9.29. The third-order valence-corrected chi connectivity index (χ3v) is 3.29. The second-order valence-electron chi connectivity index (χ2n) is 4.48. The van der Waals surface area contributed by atoms with Gasteiger partial charge in [-0.3, -0.25) is 9.59 Å². The molecule has 1 heterocycles. The number of rotatable bonds is 3. The number of hydrogen-bond donors (Lipinski definition) is 1. The molecule has 1 aromatic rings. The number of ether oxygens (including phenoxy) is 1. The zero-order chi connectivity index (χ0) is 14.0. The Morgan fingerprint density at radius 3 is 2.79 bits per heavy atom. The summed E-state index contributed by atoms with van der Waals surface area (Å²) >= 11 is 0. The highest BCUT2D eigenvalue weighted by molar-refractivity contribution is 5.96. The second kappa shape index (κ2) is 5.30. The molecule has 5 nitrogen and oxygen atoms in total. The van der Waals surface area contributed by atoms with E-state index >= 15 is 0 Å². The number of carbonyl (C=O) groups is 2. The maximum atomic E-state index is 11.7. The van der Waals surface area contributed by atoms with E-state index in [2.05, 4.69) is 0 Å². The average molecular weight is 263 g/mol. The van der Waals surface area contributed by atoms with E-state index in [0.29, 0.717) is 36.6 Å². The number of nitrogens with zero attached hydrogens (tertiary/aromatic N) is 1. The fourth-order valence-corrected chi connectivity index (χ4v) is 2.48. The maximum absolute atomic E-state index is 11.7. The molecule has 1 aliphatic heterocycles. The molecular formula is C14H17NO4. The Labute approximate surface area is 111 Å². The number of carbonyl (C=O) groups excluding carboxylic acids is 1. The van der Waals surface area contributed by atoms with E-state index in [1.54, 1.807) is 23.1 Å². The summed E-state index contributed by atoms with van der Waals surface area (Å²) in [5.74, 6) is -0.970. The molecule has 0 aliphatic carbocycles. The van der Waals surface area contributed by atoms with Gasteiger partial charge in [0.25, 0.3) is 0 Å². The molecule has 19 heavy (non-hydrogen) atoms. The lowest BCUT2D eigenvalue weighted by atomic mass is 9.89. The van der Waals surface area contributed by atoms with Crippen molar-refractivity contribution >= 4 is 17.6 Å². The number of aliphatic carboxylic acids is 1. The van der Waals surface area contributed by atoms with E-state index in [0.717, 1.165) is 0 Å². The van der Waals surface area contributed by atoms with Crippen LogP contribution in [0, 0.1) is 0 Å². The van der Waals surface area contributed by atoms with Crippen LogP contribution in [0.25, 0.3) is 0 Å². The summed E-state index contributed by atoms with van der Waals surface area (Å²) in [7, 11) is 0. The Kier molecular flexibility index (Phi) is 3.74. The summed E-state index contributed by atoms with van der Waals surface area (Å²) in [4.78, 5) is 24.6. The molecule has 0 aromatic heterocycles. The second-order valence-corrected chi connectivity index (χ2v) is 4.48. The van der Waals surface area contributed by atoms with Gasteiger partial charge in [0.1, 0.15) is 5.75 Å². The van der Waals surface area contributed by atoms with Crippen LogP contribution in [0.4, 0.5) is 5.69 Å². The molecule has 5 heteroatoms. The Morgan fingerprint density at radius 1 is 1.47 bits per heavy atom. The first-order valence-corrected chi connectivity index (χ1v) is 6.32. The van der Waals surface area contributed by atoms with E-state index in [1.165, 1.54) is 6.92 Å². The van der Waals surface area contributed by atoms with E-state index in [1.807, 2.05) is 6.92 Å². The normalized spacial score (nSPS) is 17.8. The zero-order valence-corrected chi connectivity index (χ0v) is 11.0. The Morgan fingerprint density at radius 2 is 2.21 bits per heavy atom. The van der Waals surface area contributed by atoms with E-state index in [4.69, 9.17) is 4.74 Å². The predicted octanol–water partition coefficient (Wildman–Crippen LogP) is 2.01. The van der Waals surface area contributed by atoms with Gasteiger partial charge in [-0.1, -0.05) is 12.1 Å². The van der Waals surface area contributed by atoms with Crippen LogP contribution in [0.2, 0.25) is 0 Å². The molecule has 102 valence electrons.